The lowest BCUT2D eigenvalue weighted by atomic mass is 9.85. The molecule has 0 aromatic heterocycles. The molecule has 114 valence electrons. The van der Waals surface area contributed by atoms with Crippen LogP contribution in [0.4, 0.5) is 0 Å². The first kappa shape index (κ1) is 15.8. The Bertz CT molecular complexity index is 335. The van der Waals surface area contributed by atoms with Gasteiger partial charge < -0.3 is 4.90 Å². The van der Waals surface area contributed by atoms with Gasteiger partial charge in [-0.1, -0.05) is 20.8 Å². The highest BCUT2D eigenvalue weighted by Crippen LogP contribution is 2.40. The molecule has 0 bridgehead atoms. The third kappa shape index (κ3) is 3.74. The Morgan fingerprint density at radius 1 is 1.25 bits per heavy atom. The van der Waals surface area contributed by atoms with Crippen LogP contribution in [0.15, 0.2) is 0 Å². The zero-order valence-electron chi connectivity index (χ0n) is 13.5. The first-order valence-corrected chi connectivity index (χ1v) is 8.50. The summed E-state index contributed by atoms with van der Waals surface area (Å²) in [6, 6.07) is 2.64. The van der Waals surface area contributed by atoms with E-state index < -0.39 is 0 Å². The first-order valence-electron chi connectivity index (χ1n) is 8.50. The zero-order valence-corrected chi connectivity index (χ0v) is 13.5. The minimum Gasteiger partial charge on any atom is -0.300 e. The molecule has 1 aliphatic heterocycles. The minimum absolute atomic E-state index is 0.277. The summed E-state index contributed by atoms with van der Waals surface area (Å²) in [5, 5.41) is 13.3. The first-order chi connectivity index (χ1) is 9.61. The second-order valence-corrected chi connectivity index (χ2v) is 7.14. The molecule has 0 radical (unpaired) electrons. The van der Waals surface area contributed by atoms with Crippen molar-refractivity contribution in [2.75, 3.05) is 26.2 Å². The van der Waals surface area contributed by atoms with Crippen molar-refractivity contribution in [1.29, 1.82) is 5.26 Å². The molecule has 0 spiro atoms. The van der Waals surface area contributed by atoms with E-state index in [0.29, 0.717) is 5.92 Å². The van der Waals surface area contributed by atoms with Crippen molar-refractivity contribution in [3.63, 3.8) is 0 Å². The molecule has 1 heterocycles. The van der Waals surface area contributed by atoms with Crippen LogP contribution in [-0.2, 0) is 0 Å². The molecule has 0 amide bonds. The van der Waals surface area contributed by atoms with Crippen LogP contribution in [-0.4, -0.2) is 36.6 Å². The van der Waals surface area contributed by atoms with Gasteiger partial charge in [0.1, 0.15) is 5.54 Å². The Morgan fingerprint density at radius 3 is 2.35 bits per heavy atom. The van der Waals surface area contributed by atoms with Gasteiger partial charge >= 0.3 is 0 Å². The highest BCUT2D eigenvalue weighted by molar-refractivity contribution is 5.16. The van der Waals surface area contributed by atoms with Crippen LogP contribution in [0.1, 0.15) is 52.9 Å². The van der Waals surface area contributed by atoms with Crippen molar-refractivity contribution in [2.45, 2.75) is 58.4 Å². The summed E-state index contributed by atoms with van der Waals surface area (Å²) < 4.78 is 0. The summed E-state index contributed by atoms with van der Waals surface area (Å²) in [5.41, 5.74) is -0.277. The summed E-state index contributed by atoms with van der Waals surface area (Å²) in [5.74, 6) is 2.27. The maximum absolute atomic E-state index is 9.75. The lowest BCUT2D eigenvalue weighted by Gasteiger charge is -2.39. The predicted molar refractivity (Wildman–Crippen MR) is 83.4 cm³/mol. The fourth-order valence-electron chi connectivity index (χ4n) is 3.55. The Labute approximate surface area is 124 Å². The van der Waals surface area contributed by atoms with Gasteiger partial charge in [0.2, 0.25) is 0 Å². The third-order valence-electron chi connectivity index (χ3n) is 5.21. The molecule has 2 rings (SSSR count). The second kappa shape index (κ2) is 6.91. The predicted octanol–water partition coefficient (Wildman–Crippen LogP) is 3.03. The van der Waals surface area contributed by atoms with E-state index in [1.54, 1.807) is 0 Å². The molecule has 2 fully saturated rings. The molecule has 1 N–H and O–H groups in total. The van der Waals surface area contributed by atoms with Crippen LogP contribution in [0.5, 0.6) is 0 Å². The Kier molecular flexibility index (Phi) is 5.46. The van der Waals surface area contributed by atoms with Crippen molar-refractivity contribution in [3.05, 3.63) is 0 Å². The Morgan fingerprint density at radius 2 is 1.90 bits per heavy atom. The number of nitriles is 1. The van der Waals surface area contributed by atoms with Crippen LogP contribution in [0.25, 0.3) is 0 Å². The van der Waals surface area contributed by atoms with E-state index in [9.17, 15) is 5.26 Å². The molecule has 3 nitrogen and oxygen atoms in total. The fourth-order valence-corrected chi connectivity index (χ4v) is 3.55. The number of nitrogens with one attached hydrogen (secondary N) is 1. The highest BCUT2D eigenvalue weighted by atomic mass is 15.2. The van der Waals surface area contributed by atoms with Gasteiger partial charge in [-0.2, -0.15) is 5.26 Å². The zero-order chi connectivity index (χ0) is 14.6. The van der Waals surface area contributed by atoms with Gasteiger partial charge in [0.25, 0.3) is 0 Å². The topological polar surface area (TPSA) is 39.1 Å². The van der Waals surface area contributed by atoms with E-state index in [0.717, 1.165) is 31.3 Å². The van der Waals surface area contributed by atoms with Crippen LogP contribution in [0, 0.1) is 29.1 Å². The van der Waals surface area contributed by atoms with Crippen LogP contribution >= 0.6 is 0 Å². The minimum atomic E-state index is -0.277. The summed E-state index contributed by atoms with van der Waals surface area (Å²) >= 11 is 0. The van der Waals surface area contributed by atoms with Crippen LogP contribution in [0.3, 0.4) is 0 Å². The summed E-state index contributed by atoms with van der Waals surface area (Å²) in [6.45, 7) is 11.1. The molecule has 0 aromatic carbocycles. The average molecular weight is 277 g/mol. The Hall–Kier alpha value is -0.590. The number of rotatable bonds is 7. The van der Waals surface area contributed by atoms with Gasteiger partial charge in [0.15, 0.2) is 0 Å². The van der Waals surface area contributed by atoms with Crippen molar-refractivity contribution in [1.82, 2.24) is 10.2 Å². The average Bonchev–Trinajstić information content (AvgIpc) is 3.29. The molecule has 1 atom stereocenters. The molecular formula is C17H31N3. The molecular weight excluding hydrogens is 246 g/mol. The molecule has 3 heteroatoms. The van der Waals surface area contributed by atoms with Gasteiger partial charge in [-0.25, -0.2) is 0 Å². The van der Waals surface area contributed by atoms with E-state index in [2.05, 4.69) is 37.1 Å². The van der Waals surface area contributed by atoms with Crippen LogP contribution in [0.2, 0.25) is 0 Å². The number of nitrogens with zero attached hydrogens (tertiary/aromatic N) is 2. The third-order valence-corrected chi connectivity index (χ3v) is 5.21. The molecule has 1 unspecified atom stereocenters. The smallest absolute Gasteiger partial charge is 0.122 e. The quantitative estimate of drug-likeness (QED) is 0.777. The lowest BCUT2D eigenvalue weighted by molar-refractivity contribution is 0.125. The van der Waals surface area contributed by atoms with E-state index in [-0.39, 0.29) is 5.54 Å². The summed E-state index contributed by atoms with van der Waals surface area (Å²) in [7, 11) is 0. The van der Waals surface area contributed by atoms with E-state index in [1.165, 1.54) is 38.8 Å². The second-order valence-electron chi connectivity index (χ2n) is 7.14. The molecule has 1 saturated carbocycles. The van der Waals surface area contributed by atoms with Gasteiger partial charge in [-0.05, 0) is 69.5 Å². The lowest BCUT2D eigenvalue weighted by Crippen LogP contribution is -2.56. The molecule has 2 aliphatic rings. The standard InChI is InChI=1S/C17H31N3/c1-4-9-19-17(12-18,16-5-6-16)13-20-10-7-15(8-11-20)14(2)3/h14-16,19H,4-11,13H2,1-3H3. The molecule has 0 aromatic rings. The van der Waals surface area contributed by atoms with Gasteiger partial charge in [0, 0.05) is 6.54 Å². The monoisotopic (exact) mass is 277 g/mol. The van der Waals surface area contributed by atoms with E-state index in [1.807, 2.05) is 0 Å². The maximum Gasteiger partial charge on any atom is 0.122 e. The van der Waals surface area contributed by atoms with Crippen molar-refractivity contribution < 1.29 is 0 Å². The molecule has 1 aliphatic carbocycles. The Balaban J connectivity index is 1.90. The largest absolute Gasteiger partial charge is 0.300 e. The molecule has 1 saturated heterocycles. The van der Waals surface area contributed by atoms with Crippen molar-refractivity contribution >= 4 is 0 Å². The van der Waals surface area contributed by atoms with Crippen LogP contribution < -0.4 is 5.32 Å². The van der Waals surface area contributed by atoms with Gasteiger partial charge in [-0.15, -0.1) is 0 Å². The number of piperidine rings is 1. The SMILES string of the molecule is CCCNC(C#N)(CN1CCC(C(C)C)CC1)C1CC1. The fraction of sp³-hybridized carbons (Fsp3) is 0.941. The van der Waals surface area contributed by atoms with E-state index >= 15 is 0 Å². The van der Waals surface area contributed by atoms with Crippen molar-refractivity contribution in [3.8, 4) is 6.07 Å². The number of likely N-dealkylation sites (tertiary alicyclic amines) is 1. The number of hydrogen-bond donors (Lipinski definition) is 1. The van der Waals surface area contributed by atoms with Gasteiger partial charge in [0.05, 0.1) is 6.07 Å². The summed E-state index contributed by atoms with van der Waals surface area (Å²) in [6.07, 6.45) is 6.17. The normalized spacial score (nSPS) is 24.6. The maximum atomic E-state index is 9.75. The van der Waals surface area contributed by atoms with Crippen molar-refractivity contribution in [2.24, 2.45) is 17.8 Å². The molecule has 20 heavy (non-hydrogen) atoms. The highest BCUT2D eigenvalue weighted by Gasteiger charge is 2.46. The summed E-state index contributed by atoms with van der Waals surface area (Å²) in [4.78, 5) is 2.53. The number of hydrogen-bond acceptors (Lipinski definition) is 3. The van der Waals surface area contributed by atoms with E-state index in [4.69, 9.17) is 0 Å². The van der Waals surface area contributed by atoms with Gasteiger partial charge in [-0.3, -0.25) is 5.32 Å².